The van der Waals surface area contributed by atoms with E-state index < -0.39 is 0 Å². The molecular weight excluding hydrogens is 384 g/mol. The zero-order valence-corrected chi connectivity index (χ0v) is 15.7. The molecule has 3 rings (SSSR count). The summed E-state index contributed by atoms with van der Waals surface area (Å²) in [4.78, 5) is 14.5. The van der Waals surface area contributed by atoms with Gasteiger partial charge in [0, 0.05) is 11.0 Å². The van der Waals surface area contributed by atoms with E-state index in [4.69, 9.17) is 9.15 Å². The van der Waals surface area contributed by atoms with Gasteiger partial charge in [0.25, 0.3) is 5.91 Å². The van der Waals surface area contributed by atoms with Gasteiger partial charge in [-0.05, 0) is 56.3 Å². The Bertz CT molecular complexity index is 669. The lowest BCUT2D eigenvalue weighted by Gasteiger charge is -2.33. The molecule has 1 aliphatic heterocycles. The van der Waals surface area contributed by atoms with Crippen LogP contribution >= 0.6 is 15.9 Å². The first kappa shape index (κ1) is 18.0. The summed E-state index contributed by atoms with van der Waals surface area (Å²) in [6.07, 6.45) is 5.34. The molecular formula is C19H23BrN2O3. The van der Waals surface area contributed by atoms with Crippen molar-refractivity contribution in [1.82, 2.24) is 10.2 Å². The molecule has 0 saturated carbocycles. The zero-order valence-electron chi connectivity index (χ0n) is 14.1. The van der Waals surface area contributed by atoms with Crippen LogP contribution in [0.3, 0.4) is 0 Å². The number of nitrogens with one attached hydrogen (secondary N) is 1. The highest BCUT2D eigenvalue weighted by Crippen LogP contribution is 2.24. The number of amides is 1. The number of nitrogens with zero attached hydrogens (tertiary/aromatic N) is 1. The van der Waals surface area contributed by atoms with E-state index in [1.165, 1.54) is 19.3 Å². The minimum Gasteiger partial charge on any atom is -0.484 e. The van der Waals surface area contributed by atoms with Crippen LogP contribution in [0.4, 0.5) is 0 Å². The third kappa shape index (κ3) is 5.34. The van der Waals surface area contributed by atoms with Crippen molar-refractivity contribution in [2.75, 3.05) is 26.2 Å². The molecule has 1 N–H and O–H groups in total. The number of carbonyl (C=O) groups excluding carboxylic acids is 1. The monoisotopic (exact) mass is 406 g/mol. The molecule has 2 heterocycles. The van der Waals surface area contributed by atoms with Crippen LogP contribution in [0.1, 0.15) is 31.1 Å². The van der Waals surface area contributed by atoms with Crippen molar-refractivity contribution in [3.05, 3.63) is 52.9 Å². The Balaban J connectivity index is 1.52. The number of hydrogen-bond acceptors (Lipinski definition) is 4. The van der Waals surface area contributed by atoms with E-state index in [2.05, 4.69) is 26.1 Å². The molecule has 0 radical (unpaired) electrons. The van der Waals surface area contributed by atoms with Crippen molar-refractivity contribution in [1.29, 1.82) is 0 Å². The van der Waals surface area contributed by atoms with Gasteiger partial charge in [-0.2, -0.15) is 0 Å². The minimum atomic E-state index is -0.131. The number of piperidine rings is 1. The van der Waals surface area contributed by atoms with E-state index in [0.717, 1.165) is 23.3 Å². The summed E-state index contributed by atoms with van der Waals surface area (Å²) in [5.74, 6) is 1.44. The number of carbonyl (C=O) groups is 1. The molecule has 0 unspecified atom stereocenters. The van der Waals surface area contributed by atoms with Crippen LogP contribution in [0.2, 0.25) is 0 Å². The summed E-state index contributed by atoms with van der Waals surface area (Å²) in [6.45, 7) is 2.60. The summed E-state index contributed by atoms with van der Waals surface area (Å²) in [5, 5.41) is 2.98. The molecule has 1 amide bonds. The standard InChI is InChI=1S/C19H23BrN2O3/c20-15-6-4-7-16(12-15)25-14-19(23)21-13-17(18-8-5-11-24-18)22-9-2-1-3-10-22/h4-8,11-12,17H,1-3,9-10,13-14H2,(H,21,23)/t17-/m0/s1. The predicted octanol–water partition coefficient (Wildman–Crippen LogP) is 3.76. The molecule has 1 fully saturated rings. The number of ether oxygens (including phenoxy) is 1. The fourth-order valence-corrected chi connectivity index (χ4v) is 3.47. The maximum Gasteiger partial charge on any atom is 0.258 e. The molecule has 1 saturated heterocycles. The Morgan fingerprint density at radius 2 is 2.08 bits per heavy atom. The van der Waals surface area contributed by atoms with Crippen LogP contribution in [-0.4, -0.2) is 37.0 Å². The normalized spacial score (nSPS) is 16.4. The summed E-state index contributed by atoms with van der Waals surface area (Å²) < 4.78 is 12.1. The molecule has 6 heteroatoms. The minimum absolute atomic E-state index is 0.00132. The molecule has 25 heavy (non-hydrogen) atoms. The van der Waals surface area contributed by atoms with Crippen molar-refractivity contribution < 1.29 is 13.9 Å². The summed E-state index contributed by atoms with van der Waals surface area (Å²) in [7, 11) is 0. The number of furan rings is 1. The number of rotatable bonds is 7. The van der Waals surface area contributed by atoms with Crippen LogP contribution in [0.25, 0.3) is 0 Å². The Hall–Kier alpha value is -1.79. The number of hydrogen-bond donors (Lipinski definition) is 1. The lowest BCUT2D eigenvalue weighted by molar-refractivity contribution is -0.123. The Morgan fingerprint density at radius 1 is 1.24 bits per heavy atom. The zero-order chi connectivity index (χ0) is 17.5. The van der Waals surface area contributed by atoms with Crippen LogP contribution in [0, 0.1) is 0 Å². The van der Waals surface area contributed by atoms with Gasteiger partial charge >= 0.3 is 0 Å². The summed E-state index contributed by atoms with van der Waals surface area (Å²) in [6, 6.07) is 11.4. The van der Waals surface area contributed by atoms with Crippen LogP contribution in [-0.2, 0) is 4.79 Å². The molecule has 0 aliphatic carbocycles. The molecule has 134 valence electrons. The van der Waals surface area contributed by atoms with Crippen molar-refractivity contribution >= 4 is 21.8 Å². The first-order valence-corrected chi connectivity index (χ1v) is 9.44. The van der Waals surface area contributed by atoms with Gasteiger partial charge in [-0.15, -0.1) is 0 Å². The molecule has 0 bridgehead atoms. The molecule has 1 aromatic carbocycles. The van der Waals surface area contributed by atoms with Gasteiger partial charge in [-0.3, -0.25) is 9.69 Å². The Labute approximate surface area is 156 Å². The van der Waals surface area contributed by atoms with Crippen molar-refractivity contribution in [2.24, 2.45) is 0 Å². The van der Waals surface area contributed by atoms with Crippen molar-refractivity contribution in [2.45, 2.75) is 25.3 Å². The second kappa shape index (κ2) is 9.06. The SMILES string of the molecule is O=C(COc1cccc(Br)c1)NC[C@@H](c1ccco1)N1CCCCC1. The predicted molar refractivity (Wildman–Crippen MR) is 99.5 cm³/mol. The van der Waals surface area contributed by atoms with Crippen molar-refractivity contribution in [3.8, 4) is 5.75 Å². The van der Waals surface area contributed by atoms with Gasteiger partial charge in [0.15, 0.2) is 6.61 Å². The van der Waals surface area contributed by atoms with Gasteiger partial charge in [-0.25, -0.2) is 0 Å². The van der Waals surface area contributed by atoms with Gasteiger partial charge in [-0.1, -0.05) is 28.4 Å². The van der Waals surface area contributed by atoms with E-state index in [9.17, 15) is 4.79 Å². The van der Waals surface area contributed by atoms with Gasteiger partial charge in [0.05, 0.1) is 12.3 Å². The van der Waals surface area contributed by atoms with Crippen LogP contribution in [0.15, 0.2) is 51.6 Å². The highest BCUT2D eigenvalue weighted by Gasteiger charge is 2.24. The maximum absolute atomic E-state index is 12.2. The molecule has 1 aliphatic rings. The third-order valence-electron chi connectivity index (χ3n) is 4.36. The molecule has 0 spiro atoms. The topological polar surface area (TPSA) is 54.7 Å². The summed E-state index contributed by atoms with van der Waals surface area (Å²) in [5.41, 5.74) is 0. The third-order valence-corrected chi connectivity index (χ3v) is 4.85. The molecule has 1 aromatic heterocycles. The van der Waals surface area contributed by atoms with E-state index in [1.807, 2.05) is 36.4 Å². The molecule has 5 nitrogen and oxygen atoms in total. The van der Waals surface area contributed by atoms with Gasteiger partial charge in [0.2, 0.25) is 0 Å². The fraction of sp³-hybridized carbons (Fsp3) is 0.421. The van der Waals surface area contributed by atoms with E-state index in [-0.39, 0.29) is 18.6 Å². The highest BCUT2D eigenvalue weighted by molar-refractivity contribution is 9.10. The Morgan fingerprint density at radius 3 is 2.80 bits per heavy atom. The number of likely N-dealkylation sites (tertiary alicyclic amines) is 1. The summed E-state index contributed by atoms with van der Waals surface area (Å²) >= 11 is 3.39. The second-order valence-corrected chi connectivity index (χ2v) is 7.09. The van der Waals surface area contributed by atoms with Crippen LogP contribution in [0.5, 0.6) is 5.75 Å². The van der Waals surface area contributed by atoms with Crippen LogP contribution < -0.4 is 10.1 Å². The maximum atomic E-state index is 12.2. The van der Waals surface area contributed by atoms with E-state index in [0.29, 0.717) is 12.3 Å². The smallest absolute Gasteiger partial charge is 0.258 e. The highest BCUT2D eigenvalue weighted by atomic mass is 79.9. The average molecular weight is 407 g/mol. The largest absolute Gasteiger partial charge is 0.484 e. The van der Waals surface area contributed by atoms with Gasteiger partial charge in [0.1, 0.15) is 11.5 Å². The lowest BCUT2D eigenvalue weighted by Crippen LogP contribution is -2.41. The second-order valence-electron chi connectivity index (χ2n) is 6.18. The molecule has 2 aromatic rings. The first-order chi connectivity index (χ1) is 12.2. The number of halogens is 1. The van der Waals surface area contributed by atoms with Gasteiger partial charge < -0.3 is 14.5 Å². The number of benzene rings is 1. The fourth-order valence-electron chi connectivity index (χ4n) is 3.09. The Kier molecular flexibility index (Phi) is 6.53. The first-order valence-electron chi connectivity index (χ1n) is 8.65. The lowest BCUT2D eigenvalue weighted by atomic mass is 10.1. The van der Waals surface area contributed by atoms with E-state index >= 15 is 0 Å². The quantitative estimate of drug-likeness (QED) is 0.760. The average Bonchev–Trinajstić information content (AvgIpc) is 3.15. The molecule has 1 atom stereocenters. The van der Waals surface area contributed by atoms with E-state index in [1.54, 1.807) is 6.26 Å². The van der Waals surface area contributed by atoms with Crippen molar-refractivity contribution in [3.63, 3.8) is 0 Å².